The lowest BCUT2D eigenvalue weighted by atomic mass is 9.88. The summed E-state index contributed by atoms with van der Waals surface area (Å²) in [5, 5.41) is 1.96. The molecule has 9 heteroatoms. The third kappa shape index (κ3) is 4.27. The number of aromatic nitrogens is 2. The van der Waals surface area contributed by atoms with E-state index < -0.39 is 5.69 Å². The van der Waals surface area contributed by atoms with Gasteiger partial charge in [-0.25, -0.2) is 4.79 Å². The molecule has 2 aliphatic heterocycles. The van der Waals surface area contributed by atoms with E-state index in [4.69, 9.17) is 14.1 Å². The van der Waals surface area contributed by atoms with Crippen molar-refractivity contribution >= 4 is 37.2 Å². The molecule has 0 saturated carbocycles. The van der Waals surface area contributed by atoms with Gasteiger partial charge in [0, 0.05) is 48.1 Å². The first-order valence-electron chi connectivity index (χ1n) is 14.4. The normalized spacial score (nSPS) is 16.4. The van der Waals surface area contributed by atoms with Gasteiger partial charge in [0.25, 0.3) is 0 Å². The van der Waals surface area contributed by atoms with Crippen molar-refractivity contribution in [2.45, 2.75) is 60.1 Å². The van der Waals surface area contributed by atoms with Crippen molar-refractivity contribution in [1.82, 2.24) is 14.5 Å². The Kier molecular flexibility index (Phi) is 7.01. The van der Waals surface area contributed by atoms with Crippen LogP contribution in [0.1, 0.15) is 54.7 Å². The lowest BCUT2D eigenvalue weighted by molar-refractivity contribution is -0.126. The Balaban J connectivity index is 1.69. The van der Waals surface area contributed by atoms with Crippen LogP contribution < -0.4 is 20.6 Å². The average molecular weight is 585 g/mol. The molecule has 0 radical (unpaired) electrons. The number of rotatable bonds is 4. The van der Waals surface area contributed by atoms with Gasteiger partial charge in [-0.3, -0.25) is 9.36 Å². The van der Waals surface area contributed by atoms with Crippen molar-refractivity contribution in [3.05, 3.63) is 75.6 Å². The number of anilines is 1. The van der Waals surface area contributed by atoms with Crippen molar-refractivity contribution in [3.63, 3.8) is 0 Å². The van der Waals surface area contributed by atoms with Crippen molar-refractivity contribution in [1.29, 1.82) is 0 Å². The molecule has 0 N–H and O–H groups in total. The quantitative estimate of drug-likeness (QED) is 0.239. The highest BCUT2D eigenvalue weighted by Gasteiger charge is 2.33. The third-order valence-corrected chi connectivity index (χ3v) is 9.25. The molecule has 4 heterocycles. The van der Waals surface area contributed by atoms with Crippen LogP contribution in [0.2, 0.25) is 0 Å². The number of carbonyl (C=O) groups excluding carboxylic acids is 1. The van der Waals surface area contributed by atoms with Crippen molar-refractivity contribution in [3.8, 4) is 22.6 Å². The van der Waals surface area contributed by atoms with Gasteiger partial charge in [-0.05, 0) is 67.4 Å². The summed E-state index contributed by atoms with van der Waals surface area (Å²) in [7, 11) is 2.84. The second-order valence-corrected chi connectivity index (χ2v) is 12.4. The van der Waals surface area contributed by atoms with Crippen LogP contribution in [-0.4, -0.2) is 46.0 Å². The van der Waals surface area contributed by atoms with Gasteiger partial charge >= 0.3 is 5.69 Å². The summed E-state index contributed by atoms with van der Waals surface area (Å²) in [5.74, 6) is 1.97. The molecule has 1 unspecified atom stereocenters. The summed E-state index contributed by atoms with van der Waals surface area (Å²) in [6, 6.07) is 6.29. The van der Waals surface area contributed by atoms with E-state index in [1.165, 1.54) is 11.6 Å². The Morgan fingerprint density at radius 3 is 2.62 bits per heavy atom. The Morgan fingerprint density at radius 2 is 1.93 bits per heavy atom. The van der Waals surface area contributed by atoms with E-state index in [2.05, 4.69) is 73.5 Å². The molecular weight excluding hydrogens is 547 g/mol. The highest BCUT2D eigenvalue weighted by molar-refractivity contribution is 7.27. The lowest BCUT2D eigenvalue weighted by Gasteiger charge is -2.40. The average Bonchev–Trinajstić information content (AvgIpc) is 3.35. The fourth-order valence-electron chi connectivity index (χ4n) is 6.50. The number of piperazine rings is 1. The Hall–Kier alpha value is -3.90. The highest BCUT2D eigenvalue weighted by atomic mass is 31.0. The van der Waals surface area contributed by atoms with Crippen LogP contribution in [0.5, 0.6) is 5.75 Å². The Bertz CT molecular complexity index is 1840. The topological polar surface area (TPSA) is 80.8 Å². The van der Waals surface area contributed by atoms with Crippen LogP contribution in [-0.2, 0) is 11.4 Å². The molecule has 0 aliphatic carbocycles. The van der Waals surface area contributed by atoms with Crippen LogP contribution in [0, 0.1) is 20.8 Å². The summed E-state index contributed by atoms with van der Waals surface area (Å²) in [5.41, 5.74) is 7.36. The van der Waals surface area contributed by atoms with Gasteiger partial charge in [0.1, 0.15) is 23.7 Å². The maximum absolute atomic E-state index is 14.2. The third-order valence-electron chi connectivity index (χ3n) is 8.63. The van der Waals surface area contributed by atoms with E-state index >= 15 is 0 Å². The SMILES string of the molecule is C=CC(=O)N1CCN(c2nc(=O)n(-c3c(C)coc3C(C)C)c3c4c(c(C)cc23)-c2c(ccc(P)c2C)CO4)[C@@H](C)C1. The predicted molar refractivity (Wildman–Crippen MR) is 171 cm³/mol. The minimum Gasteiger partial charge on any atom is -0.486 e. The zero-order chi connectivity index (χ0) is 30.0. The second kappa shape index (κ2) is 10.4. The highest BCUT2D eigenvalue weighted by Crippen LogP contribution is 2.48. The van der Waals surface area contributed by atoms with Crippen LogP contribution in [0.25, 0.3) is 27.7 Å². The van der Waals surface area contributed by atoms with Gasteiger partial charge in [-0.2, -0.15) is 4.98 Å². The second-order valence-electron chi connectivity index (χ2n) is 11.8. The zero-order valence-corrected chi connectivity index (χ0v) is 26.2. The van der Waals surface area contributed by atoms with Crippen LogP contribution in [0.15, 0.2) is 46.3 Å². The molecule has 42 heavy (non-hydrogen) atoms. The number of amides is 1. The Labute approximate surface area is 248 Å². The first-order chi connectivity index (χ1) is 20.0. The van der Waals surface area contributed by atoms with Crippen molar-refractivity contribution in [2.24, 2.45) is 0 Å². The fraction of sp³-hybridized carbons (Fsp3) is 0.364. The molecule has 2 aromatic heterocycles. The largest absolute Gasteiger partial charge is 0.486 e. The Morgan fingerprint density at radius 1 is 1.17 bits per heavy atom. The molecule has 6 rings (SSSR count). The molecule has 1 amide bonds. The molecule has 2 atom stereocenters. The summed E-state index contributed by atoms with van der Waals surface area (Å²) in [6.07, 6.45) is 3.06. The predicted octanol–water partition coefficient (Wildman–Crippen LogP) is 5.31. The number of ether oxygens (including phenoxy) is 1. The summed E-state index contributed by atoms with van der Waals surface area (Å²) < 4.78 is 14.3. The molecule has 0 spiro atoms. The van der Waals surface area contributed by atoms with Gasteiger partial charge < -0.3 is 19.0 Å². The molecule has 2 aromatic carbocycles. The summed E-state index contributed by atoms with van der Waals surface area (Å²) >= 11 is 0. The number of furan rings is 1. The smallest absolute Gasteiger partial charge is 0.354 e. The van der Waals surface area contributed by atoms with E-state index in [9.17, 15) is 9.59 Å². The van der Waals surface area contributed by atoms with Gasteiger partial charge in [-0.15, -0.1) is 9.24 Å². The minimum absolute atomic E-state index is 0.0515. The first-order valence-corrected chi connectivity index (χ1v) is 15.0. The molecular formula is C33H37N4O4P. The maximum Gasteiger partial charge on any atom is 0.354 e. The number of carbonyl (C=O) groups is 1. The van der Waals surface area contributed by atoms with E-state index in [1.807, 2.05) is 6.92 Å². The van der Waals surface area contributed by atoms with Gasteiger partial charge in [0.05, 0.1) is 12.0 Å². The van der Waals surface area contributed by atoms with Crippen molar-refractivity contribution < 1.29 is 13.9 Å². The van der Waals surface area contributed by atoms with E-state index in [-0.39, 0.29) is 17.9 Å². The van der Waals surface area contributed by atoms with Crippen LogP contribution in [0.3, 0.4) is 0 Å². The van der Waals surface area contributed by atoms with E-state index in [0.717, 1.165) is 44.3 Å². The molecule has 4 aromatic rings. The van der Waals surface area contributed by atoms with Crippen molar-refractivity contribution in [2.75, 3.05) is 24.5 Å². The van der Waals surface area contributed by atoms with E-state index in [1.54, 1.807) is 15.7 Å². The van der Waals surface area contributed by atoms with Gasteiger partial charge in [0.2, 0.25) is 5.91 Å². The first kappa shape index (κ1) is 28.2. The molecule has 1 fully saturated rings. The summed E-state index contributed by atoms with van der Waals surface area (Å²) in [4.78, 5) is 35.3. The van der Waals surface area contributed by atoms with Gasteiger partial charge in [-0.1, -0.05) is 32.6 Å². The van der Waals surface area contributed by atoms with Gasteiger partial charge in [0.15, 0.2) is 5.75 Å². The van der Waals surface area contributed by atoms with Crippen LogP contribution in [0.4, 0.5) is 5.82 Å². The maximum atomic E-state index is 14.2. The number of nitrogens with zero attached hydrogens (tertiary/aromatic N) is 4. The molecule has 0 bridgehead atoms. The number of hydrogen-bond donors (Lipinski definition) is 0. The number of fused-ring (bicyclic) bond motifs is 5. The fourth-order valence-corrected chi connectivity index (χ4v) is 6.74. The monoisotopic (exact) mass is 584 g/mol. The minimum atomic E-state index is -0.391. The molecule has 218 valence electrons. The zero-order valence-electron chi connectivity index (χ0n) is 25.1. The lowest BCUT2D eigenvalue weighted by Crippen LogP contribution is -2.54. The van der Waals surface area contributed by atoms with Crippen LogP contribution >= 0.6 is 9.24 Å². The number of benzene rings is 2. The van der Waals surface area contributed by atoms with E-state index in [0.29, 0.717) is 49.0 Å². The molecule has 2 aliphatic rings. The number of aryl methyl sites for hydroxylation is 2. The molecule has 1 saturated heterocycles. The number of hydrogen-bond acceptors (Lipinski definition) is 6. The molecule has 8 nitrogen and oxygen atoms in total. The summed E-state index contributed by atoms with van der Waals surface area (Å²) in [6.45, 7) is 18.0. The standard InChI is InChI=1S/C33H37N4O4P/c1-8-25(38)35-11-12-36(20(6)14-35)32-23-13-18(4)26-27-21(7)24(42)10-9-22(27)16-41-31(26)29(23)37(33(39)34-32)28-19(5)15-40-30(28)17(2)3/h8-10,13,15,17,20H,1,11-12,14,16,42H2,2-7H3/t20-/m0/s1.